The first-order valence-corrected chi connectivity index (χ1v) is 10.9. The molecule has 1 aliphatic heterocycles. The molecule has 1 saturated heterocycles. The molecule has 4 heterocycles. The smallest absolute Gasteiger partial charge is 0.277 e. The van der Waals surface area contributed by atoms with Crippen molar-refractivity contribution in [2.75, 3.05) is 28.6 Å². The lowest BCUT2D eigenvalue weighted by Crippen LogP contribution is -2.31. The molecule has 3 aromatic heterocycles. The van der Waals surface area contributed by atoms with Gasteiger partial charge in [0.2, 0.25) is 11.7 Å². The molecule has 0 aliphatic carbocycles. The molecule has 168 valence electrons. The Labute approximate surface area is 190 Å². The highest BCUT2D eigenvalue weighted by Crippen LogP contribution is 2.23. The van der Waals surface area contributed by atoms with Crippen LogP contribution in [-0.4, -0.2) is 34.1 Å². The fourth-order valence-electron chi connectivity index (χ4n) is 3.75. The Kier molecular flexibility index (Phi) is 5.75. The van der Waals surface area contributed by atoms with E-state index < -0.39 is 0 Å². The van der Waals surface area contributed by atoms with Crippen LogP contribution in [0.1, 0.15) is 35.4 Å². The maximum absolute atomic E-state index is 12.5. The summed E-state index contributed by atoms with van der Waals surface area (Å²) in [5.74, 6) is 2.06. The highest BCUT2D eigenvalue weighted by atomic mass is 16.5. The highest BCUT2D eigenvalue weighted by Gasteiger charge is 2.16. The zero-order valence-corrected chi connectivity index (χ0v) is 18.2. The average molecular weight is 444 g/mol. The normalized spacial score (nSPS) is 13.7. The molecule has 0 spiro atoms. The molecule has 1 aliphatic rings. The lowest BCUT2D eigenvalue weighted by Gasteiger charge is -2.27. The molecule has 33 heavy (non-hydrogen) atoms. The summed E-state index contributed by atoms with van der Waals surface area (Å²) in [6, 6.07) is 14.3. The maximum Gasteiger partial charge on any atom is 0.277 e. The third kappa shape index (κ3) is 4.87. The van der Waals surface area contributed by atoms with E-state index in [1.165, 1.54) is 25.5 Å². The molecule has 1 fully saturated rings. The van der Waals surface area contributed by atoms with Crippen molar-refractivity contribution in [2.24, 2.45) is 0 Å². The predicted molar refractivity (Wildman–Crippen MR) is 125 cm³/mol. The Balaban J connectivity index is 1.24. The van der Waals surface area contributed by atoms with Gasteiger partial charge in [-0.05, 0) is 62.6 Å². The molecule has 0 unspecified atom stereocenters. The fraction of sp³-hybridized carbons (Fsp3) is 0.250. The fourth-order valence-corrected chi connectivity index (χ4v) is 3.75. The first-order valence-electron chi connectivity index (χ1n) is 10.9. The summed E-state index contributed by atoms with van der Waals surface area (Å²) in [7, 11) is 0. The molecule has 0 atom stereocenters. The first kappa shape index (κ1) is 20.7. The van der Waals surface area contributed by atoms with Crippen molar-refractivity contribution in [3.8, 4) is 11.5 Å². The van der Waals surface area contributed by atoms with E-state index in [2.05, 4.69) is 25.7 Å². The van der Waals surface area contributed by atoms with Crippen LogP contribution in [0.15, 0.2) is 63.7 Å². The Hall–Kier alpha value is -4.14. The number of carbonyl (C=O) groups excluding carboxylic acids is 1. The van der Waals surface area contributed by atoms with Gasteiger partial charge in [0.05, 0.1) is 6.26 Å². The minimum atomic E-state index is -0.366. The van der Waals surface area contributed by atoms with Gasteiger partial charge >= 0.3 is 0 Å². The van der Waals surface area contributed by atoms with Gasteiger partial charge in [-0.2, -0.15) is 4.98 Å². The molecule has 0 bridgehead atoms. The number of hydrogen-bond donors (Lipinski definition) is 2. The van der Waals surface area contributed by atoms with Gasteiger partial charge < -0.3 is 24.5 Å². The molecule has 9 nitrogen and oxygen atoms in total. The van der Waals surface area contributed by atoms with Gasteiger partial charge in [0.1, 0.15) is 5.82 Å². The van der Waals surface area contributed by atoms with Crippen LogP contribution in [0.2, 0.25) is 0 Å². The van der Waals surface area contributed by atoms with Crippen LogP contribution in [0.25, 0.3) is 11.5 Å². The third-order valence-corrected chi connectivity index (χ3v) is 5.40. The number of aromatic nitrogens is 3. The number of hydrogen-bond acceptors (Lipinski definition) is 8. The Morgan fingerprint density at radius 2 is 1.76 bits per heavy atom. The molecule has 0 radical (unpaired) electrons. The van der Waals surface area contributed by atoms with Crippen LogP contribution in [0.3, 0.4) is 0 Å². The van der Waals surface area contributed by atoms with Crippen molar-refractivity contribution < 1.29 is 13.7 Å². The van der Waals surface area contributed by atoms with E-state index in [0.717, 1.165) is 36.2 Å². The van der Waals surface area contributed by atoms with E-state index in [9.17, 15) is 4.79 Å². The van der Waals surface area contributed by atoms with Gasteiger partial charge in [-0.1, -0.05) is 5.16 Å². The van der Waals surface area contributed by atoms with E-state index in [0.29, 0.717) is 17.2 Å². The van der Waals surface area contributed by atoms with Gasteiger partial charge in [0.25, 0.3) is 5.91 Å². The molecular formula is C24H24N6O3. The quantitative estimate of drug-likeness (QED) is 0.427. The van der Waals surface area contributed by atoms with Gasteiger partial charge in [-0.25, -0.2) is 4.98 Å². The third-order valence-electron chi connectivity index (χ3n) is 5.40. The van der Waals surface area contributed by atoms with Crippen LogP contribution >= 0.6 is 0 Å². The monoisotopic (exact) mass is 444 g/mol. The second kappa shape index (κ2) is 9.15. The number of carbonyl (C=O) groups is 1. The number of furan rings is 1. The minimum Gasteiger partial charge on any atom is -0.461 e. The van der Waals surface area contributed by atoms with E-state index in [1.807, 2.05) is 37.3 Å². The maximum atomic E-state index is 12.5. The van der Waals surface area contributed by atoms with Crippen molar-refractivity contribution in [3.05, 3.63) is 66.2 Å². The largest absolute Gasteiger partial charge is 0.461 e. The number of nitrogens with zero attached hydrogens (tertiary/aromatic N) is 4. The average Bonchev–Trinajstić information content (AvgIpc) is 3.53. The summed E-state index contributed by atoms with van der Waals surface area (Å²) in [6.45, 7) is 3.96. The first-order chi connectivity index (χ1) is 16.1. The van der Waals surface area contributed by atoms with E-state index in [4.69, 9.17) is 13.9 Å². The standard InChI is InChI=1S/C24H24N6O3/c1-16-14-22(28-24(25-16)30-11-3-2-4-12-30)26-17-7-9-18(10-8-17)27-23(31)19-15-21(33-29-19)20-6-5-13-32-20/h5-10,13-15H,2-4,11-12H2,1H3,(H,27,31)(H,25,26,28). The summed E-state index contributed by atoms with van der Waals surface area (Å²) in [4.78, 5) is 24.0. The van der Waals surface area contributed by atoms with Crippen molar-refractivity contribution in [1.82, 2.24) is 15.1 Å². The molecular weight excluding hydrogens is 420 g/mol. The van der Waals surface area contributed by atoms with Gasteiger partial charge in [0.15, 0.2) is 11.5 Å². The summed E-state index contributed by atoms with van der Waals surface area (Å²) < 4.78 is 10.4. The van der Waals surface area contributed by atoms with Crippen molar-refractivity contribution in [3.63, 3.8) is 0 Å². The Morgan fingerprint density at radius 1 is 0.970 bits per heavy atom. The van der Waals surface area contributed by atoms with Crippen LogP contribution in [-0.2, 0) is 0 Å². The highest BCUT2D eigenvalue weighted by molar-refractivity contribution is 6.03. The molecule has 5 rings (SSSR count). The SMILES string of the molecule is Cc1cc(Nc2ccc(NC(=O)c3cc(-c4ccco4)on3)cc2)nc(N2CCCCC2)n1. The number of rotatable bonds is 6. The zero-order chi connectivity index (χ0) is 22.6. The van der Waals surface area contributed by atoms with Crippen molar-refractivity contribution in [2.45, 2.75) is 26.2 Å². The molecule has 2 N–H and O–H groups in total. The molecule has 1 aromatic carbocycles. The number of anilines is 4. The van der Waals surface area contributed by atoms with Gasteiger partial charge in [-0.15, -0.1) is 0 Å². The van der Waals surface area contributed by atoms with Gasteiger partial charge in [0, 0.05) is 42.3 Å². The number of nitrogens with one attached hydrogen (secondary N) is 2. The summed E-state index contributed by atoms with van der Waals surface area (Å²) in [5.41, 5.74) is 2.59. The summed E-state index contributed by atoms with van der Waals surface area (Å²) >= 11 is 0. The molecule has 9 heteroatoms. The molecule has 4 aromatic rings. The molecule has 1 amide bonds. The Morgan fingerprint density at radius 3 is 2.52 bits per heavy atom. The number of amides is 1. The summed E-state index contributed by atoms with van der Waals surface area (Å²) in [5, 5.41) is 9.96. The van der Waals surface area contributed by atoms with E-state index >= 15 is 0 Å². The van der Waals surface area contributed by atoms with Crippen LogP contribution in [0.4, 0.5) is 23.1 Å². The minimum absolute atomic E-state index is 0.172. The lowest BCUT2D eigenvalue weighted by atomic mass is 10.1. The second-order valence-electron chi connectivity index (χ2n) is 7.95. The van der Waals surface area contributed by atoms with E-state index in [-0.39, 0.29) is 11.6 Å². The van der Waals surface area contributed by atoms with Crippen molar-refractivity contribution >= 4 is 29.0 Å². The van der Waals surface area contributed by atoms with E-state index in [1.54, 1.807) is 18.2 Å². The van der Waals surface area contributed by atoms with Gasteiger partial charge in [-0.3, -0.25) is 4.79 Å². The second-order valence-corrected chi connectivity index (χ2v) is 7.95. The predicted octanol–water partition coefficient (Wildman–Crippen LogP) is 5.02. The zero-order valence-electron chi connectivity index (χ0n) is 18.2. The number of benzene rings is 1. The lowest BCUT2D eigenvalue weighted by molar-refractivity contribution is 0.101. The van der Waals surface area contributed by atoms with Crippen molar-refractivity contribution in [1.29, 1.82) is 0 Å². The topological polar surface area (TPSA) is 109 Å². The van der Waals surface area contributed by atoms with Crippen LogP contribution < -0.4 is 15.5 Å². The van der Waals surface area contributed by atoms with Crippen LogP contribution in [0.5, 0.6) is 0 Å². The van der Waals surface area contributed by atoms with Crippen LogP contribution in [0, 0.1) is 6.92 Å². The number of piperidine rings is 1. The summed E-state index contributed by atoms with van der Waals surface area (Å²) in [6.07, 6.45) is 5.14. The number of aryl methyl sites for hydroxylation is 1. The Bertz CT molecular complexity index is 1230. The molecule has 0 saturated carbocycles.